The van der Waals surface area contributed by atoms with Crippen LogP contribution in [-0.2, 0) is 4.79 Å². The van der Waals surface area contributed by atoms with E-state index >= 15 is 0 Å². The highest BCUT2D eigenvalue weighted by molar-refractivity contribution is 9.10. The Labute approximate surface area is 182 Å². The maximum absolute atomic E-state index is 12.9. The van der Waals surface area contributed by atoms with Crippen LogP contribution in [0.4, 0.5) is 5.69 Å². The number of carbonyl (C=O) groups is 2. The van der Waals surface area contributed by atoms with Gasteiger partial charge in [0.05, 0.1) is 10.6 Å². The number of anilines is 1. The SMILES string of the molecule is Cc1cccc(NC(=O)C(=Cc2ccc(Br)cc2)NC(=O)c2ccccc2Cl)c1. The largest absolute Gasteiger partial charge is 0.321 e. The van der Waals surface area contributed by atoms with E-state index in [9.17, 15) is 9.59 Å². The molecule has 0 saturated carbocycles. The molecule has 0 atom stereocenters. The number of hydrogen-bond donors (Lipinski definition) is 2. The summed E-state index contributed by atoms with van der Waals surface area (Å²) < 4.78 is 0.917. The average Bonchev–Trinajstić information content (AvgIpc) is 2.69. The van der Waals surface area contributed by atoms with Gasteiger partial charge in [-0.1, -0.05) is 63.9 Å². The fourth-order valence-electron chi connectivity index (χ4n) is 2.64. The molecule has 146 valence electrons. The first-order valence-corrected chi connectivity index (χ1v) is 10.0. The van der Waals surface area contributed by atoms with Crippen molar-refractivity contribution in [3.05, 3.63) is 105 Å². The number of hydrogen-bond acceptors (Lipinski definition) is 2. The summed E-state index contributed by atoms with van der Waals surface area (Å²) in [6, 6.07) is 21.5. The number of halogens is 2. The van der Waals surface area contributed by atoms with Crippen molar-refractivity contribution in [1.82, 2.24) is 5.32 Å². The zero-order valence-corrected chi connectivity index (χ0v) is 17.9. The maximum atomic E-state index is 12.9. The third kappa shape index (κ3) is 5.79. The molecule has 3 aromatic rings. The van der Waals surface area contributed by atoms with Crippen LogP contribution in [0.3, 0.4) is 0 Å². The van der Waals surface area contributed by atoms with Gasteiger partial charge >= 0.3 is 0 Å². The van der Waals surface area contributed by atoms with E-state index in [0.29, 0.717) is 16.3 Å². The molecule has 0 unspecified atom stereocenters. The molecule has 0 saturated heterocycles. The van der Waals surface area contributed by atoms with Gasteiger partial charge in [0, 0.05) is 10.2 Å². The van der Waals surface area contributed by atoms with Gasteiger partial charge in [-0.2, -0.15) is 0 Å². The summed E-state index contributed by atoms with van der Waals surface area (Å²) in [5.74, 6) is -0.891. The summed E-state index contributed by atoms with van der Waals surface area (Å²) in [6.07, 6.45) is 1.62. The van der Waals surface area contributed by atoms with Crippen molar-refractivity contribution in [3.8, 4) is 0 Å². The molecule has 0 bridgehead atoms. The Bertz CT molecular complexity index is 1080. The second-order valence-electron chi connectivity index (χ2n) is 6.37. The standard InChI is InChI=1S/C23H18BrClN2O2/c1-15-5-4-6-18(13-15)26-23(29)21(14-16-9-11-17(24)12-10-16)27-22(28)19-7-2-3-8-20(19)25/h2-14H,1H3,(H,26,29)(H,27,28). The lowest BCUT2D eigenvalue weighted by atomic mass is 10.1. The zero-order chi connectivity index (χ0) is 20.8. The molecule has 0 radical (unpaired) electrons. The van der Waals surface area contributed by atoms with Gasteiger partial charge in [0.15, 0.2) is 0 Å². The van der Waals surface area contributed by atoms with E-state index < -0.39 is 11.8 Å². The highest BCUT2D eigenvalue weighted by atomic mass is 79.9. The Morgan fingerprint density at radius 2 is 1.69 bits per heavy atom. The van der Waals surface area contributed by atoms with Crippen LogP contribution in [0.1, 0.15) is 21.5 Å². The predicted octanol–water partition coefficient (Wildman–Crippen LogP) is 5.82. The van der Waals surface area contributed by atoms with Crippen LogP contribution < -0.4 is 10.6 Å². The van der Waals surface area contributed by atoms with Crippen molar-refractivity contribution >= 4 is 51.1 Å². The van der Waals surface area contributed by atoms with Gasteiger partial charge in [-0.15, -0.1) is 0 Å². The molecule has 3 rings (SSSR count). The van der Waals surface area contributed by atoms with Crippen LogP contribution in [0, 0.1) is 6.92 Å². The van der Waals surface area contributed by atoms with Gasteiger partial charge in [-0.25, -0.2) is 0 Å². The second kappa shape index (κ2) is 9.54. The van der Waals surface area contributed by atoms with Crippen LogP contribution in [0.2, 0.25) is 5.02 Å². The quantitative estimate of drug-likeness (QED) is 0.463. The first-order chi connectivity index (χ1) is 13.9. The minimum absolute atomic E-state index is 0.110. The number of amides is 2. The molecule has 2 amide bonds. The molecule has 0 aliphatic rings. The van der Waals surface area contributed by atoms with Gasteiger partial charge in [0.1, 0.15) is 5.70 Å². The molecular formula is C23H18BrClN2O2. The highest BCUT2D eigenvalue weighted by Gasteiger charge is 2.17. The van der Waals surface area contributed by atoms with Gasteiger partial charge in [-0.3, -0.25) is 9.59 Å². The fraction of sp³-hybridized carbons (Fsp3) is 0.0435. The third-order valence-corrected chi connectivity index (χ3v) is 4.93. The number of rotatable bonds is 5. The van der Waals surface area contributed by atoms with Crippen LogP contribution in [0.5, 0.6) is 0 Å². The summed E-state index contributed by atoms with van der Waals surface area (Å²) in [6.45, 7) is 1.94. The zero-order valence-electron chi connectivity index (χ0n) is 15.6. The molecule has 3 aromatic carbocycles. The van der Waals surface area contributed by atoms with Crippen molar-refractivity contribution < 1.29 is 9.59 Å². The topological polar surface area (TPSA) is 58.2 Å². The molecule has 0 aliphatic carbocycles. The van der Waals surface area contributed by atoms with Gasteiger partial charge < -0.3 is 10.6 Å². The van der Waals surface area contributed by atoms with E-state index in [1.54, 1.807) is 36.4 Å². The second-order valence-corrected chi connectivity index (χ2v) is 7.69. The molecule has 0 fully saturated rings. The van der Waals surface area contributed by atoms with Crippen molar-refractivity contribution in [2.24, 2.45) is 0 Å². The average molecular weight is 470 g/mol. The van der Waals surface area contributed by atoms with E-state index in [2.05, 4.69) is 26.6 Å². The lowest BCUT2D eigenvalue weighted by Crippen LogP contribution is -2.31. The van der Waals surface area contributed by atoms with Gasteiger partial charge in [-0.05, 0) is 60.5 Å². The molecule has 29 heavy (non-hydrogen) atoms. The number of carbonyl (C=O) groups excluding carboxylic acids is 2. The molecule has 4 nitrogen and oxygen atoms in total. The van der Waals surface area contributed by atoms with E-state index in [1.807, 2.05) is 49.4 Å². The summed E-state index contributed by atoms with van der Waals surface area (Å²) >= 11 is 9.51. The van der Waals surface area contributed by atoms with Crippen LogP contribution in [0.25, 0.3) is 6.08 Å². The summed E-state index contributed by atoms with van der Waals surface area (Å²) in [5.41, 5.74) is 2.82. The Morgan fingerprint density at radius 1 is 0.966 bits per heavy atom. The molecule has 2 N–H and O–H groups in total. The number of nitrogens with one attached hydrogen (secondary N) is 2. The van der Waals surface area contributed by atoms with Gasteiger partial charge in [0.25, 0.3) is 11.8 Å². The molecule has 6 heteroatoms. The minimum Gasteiger partial charge on any atom is -0.321 e. The minimum atomic E-state index is -0.460. The van der Waals surface area contributed by atoms with E-state index in [-0.39, 0.29) is 5.70 Å². The molecule has 0 spiro atoms. The first-order valence-electron chi connectivity index (χ1n) is 8.83. The highest BCUT2D eigenvalue weighted by Crippen LogP contribution is 2.17. The Kier molecular flexibility index (Phi) is 6.86. The summed E-state index contributed by atoms with van der Waals surface area (Å²) in [5, 5.41) is 5.82. The third-order valence-electron chi connectivity index (χ3n) is 4.07. The molecule has 0 aromatic heterocycles. The van der Waals surface area contributed by atoms with Gasteiger partial charge in [0.2, 0.25) is 0 Å². The summed E-state index contributed by atoms with van der Waals surface area (Å²) in [7, 11) is 0. The Balaban J connectivity index is 1.90. The molecule has 0 heterocycles. The molecule has 0 aliphatic heterocycles. The summed E-state index contributed by atoms with van der Waals surface area (Å²) in [4.78, 5) is 25.6. The maximum Gasteiger partial charge on any atom is 0.272 e. The fourth-order valence-corrected chi connectivity index (χ4v) is 3.13. The lowest BCUT2D eigenvalue weighted by molar-refractivity contribution is -0.113. The van der Waals surface area contributed by atoms with Crippen LogP contribution in [-0.4, -0.2) is 11.8 Å². The lowest BCUT2D eigenvalue weighted by Gasteiger charge is -2.12. The van der Waals surface area contributed by atoms with E-state index in [0.717, 1.165) is 15.6 Å². The van der Waals surface area contributed by atoms with Crippen LogP contribution in [0.15, 0.2) is 83.0 Å². The van der Waals surface area contributed by atoms with Crippen molar-refractivity contribution in [1.29, 1.82) is 0 Å². The normalized spacial score (nSPS) is 11.1. The number of aryl methyl sites for hydroxylation is 1. The van der Waals surface area contributed by atoms with E-state index in [4.69, 9.17) is 11.6 Å². The monoisotopic (exact) mass is 468 g/mol. The van der Waals surface area contributed by atoms with E-state index in [1.165, 1.54) is 0 Å². The molecular weight excluding hydrogens is 452 g/mol. The van der Waals surface area contributed by atoms with Crippen LogP contribution >= 0.6 is 27.5 Å². The Hall–Kier alpha value is -2.89. The smallest absolute Gasteiger partial charge is 0.272 e. The van der Waals surface area contributed by atoms with Crippen molar-refractivity contribution in [3.63, 3.8) is 0 Å². The number of benzene rings is 3. The first kappa shape index (κ1) is 20.8. The van der Waals surface area contributed by atoms with Crippen molar-refractivity contribution in [2.45, 2.75) is 6.92 Å². The predicted molar refractivity (Wildman–Crippen MR) is 121 cm³/mol. The van der Waals surface area contributed by atoms with Crippen molar-refractivity contribution in [2.75, 3.05) is 5.32 Å². The Morgan fingerprint density at radius 3 is 2.38 bits per heavy atom.